The van der Waals surface area contributed by atoms with E-state index in [0.29, 0.717) is 17.2 Å². The van der Waals surface area contributed by atoms with Crippen molar-refractivity contribution in [1.82, 2.24) is 10.1 Å². The first-order valence-electron chi connectivity index (χ1n) is 5.51. The van der Waals surface area contributed by atoms with E-state index in [0.717, 1.165) is 22.0 Å². The molecule has 0 amide bonds. The van der Waals surface area contributed by atoms with Crippen LogP contribution in [0.3, 0.4) is 0 Å². The van der Waals surface area contributed by atoms with Crippen molar-refractivity contribution in [1.29, 1.82) is 0 Å². The van der Waals surface area contributed by atoms with Gasteiger partial charge < -0.3 is 14.0 Å². The SMILES string of the molecule is COc1cc2cc3c(C)noc3nc2cc1OC. The molecule has 1 aromatic carbocycles. The summed E-state index contributed by atoms with van der Waals surface area (Å²) in [6, 6.07) is 5.71. The lowest BCUT2D eigenvalue weighted by Gasteiger charge is -2.08. The molecule has 0 aliphatic rings. The predicted molar refractivity (Wildman–Crippen MR) is 67.2 cm³/mol. The average molecular weight is 244 g/mol. The highest BCUT2D eigenvalue weighted by atomic mass is 16.5. The zero-order valence-corrected chi connectivity index (χ0v) is 10.4. The summed E-state index contributed by atoms with van der Waals surface area (Å²) in [4.78, 5) is 4.42. The number of methoxy groups -OCH3 is 2. The molecule has 0 saturated heterocycles. The van der Waals surface area contributed by atoms with Gasteiger partial charge in [0, 0.05) is 11.5 Å². The third-order valence-corrected chi connectivity index (χ3v) is 2.94. The largest absolute Gasteiger partial charge is 0.493 e. The van der Waals surface area contributed by atoms with Gasteiger partial charge in [0.2, 0.25) is 0 Å². The minimum absolute atomic E-state index is 0.534. The van der Waals surface area contributed by atoms with Gasteiger partial charge in [0.05, 0.1) is 30.8 Å². The number of nitrogens with zero attached hydrogens (tertiary/aromatic N) is 2. The molecule has 0 fully saturated rings. The van der Waals surface area contributed by atoms with Crippen molar-refractivity contribution >= 4 is 22.0 Å². The molecule has 0 N–H and O–H groups in total. The molecule has 5 nitrogen and oxygen atoms in total. The molecular formula is C13H12N2O3. The second kappa shape index (κ2) is 3.87. The zero-order valence-electron chi connectivity index (χ0n) is 10.4. The lowest BCUT2D eigenvalue weighted by Crippen LogP contribution is -1.91. The molecule has 0 atom stereocenters. The topological polar surface area (TPSA) is 57.4 Å². The Labute approximate surface area is 103 Å². The number of benzene rings is 1. The number of aromatic nitrogens is 2. The van der Waals surface area contributed by atoms with Gasteiger partial charge in [-0.1, -0.05) is 5.16 Å². The van der Waals surface area contributed by atoms with Crippen LogP contribution in [-0.4, -0.2) is 24.4 Å². The normalized spacial score (nSPS) is 11.1. The minimum atomic E-state index is 0.534. The molecule has 2 heterocycles. The molecule has 92 valence electrons. The van der Waals surface area contributed by atoms with E-state index in [1.165, 1.54) is 0 Å². The molecule has 0 bridgehead atoms. The van der Waals surface area contributed by atoms with Crippen LogP contribution in [-0.2, 0) is 0 Å². The van der Waals surface area contributed by atoms with Crippen LogP contribution in [0.15, 0.2) is 22.7 Å². The highest BCUT2D eigenvalue weighted by Crippen LogP contribution is 2.33. The first kappa shape index (κ1) is 10.8. The van der Waals surface area contributed by atoms with Crippen LogP contribution in [0.25, 0.3) is 22.0 Å². The molecule has 18 heavy (non-hydrogen) atoms. The van der Waals surface area contributed by atoms with Crippen molar-refractivity contribution in [2.24, 2.45) is 0 Å². The summed E-state index contributed by atoms with van der Waals surface area (Å²) in [6.45, 7) is 1.89. The number of aryl methyl sites for hydroxylation is 1. The van der Waals surface area contributed by atoms with Gasteiger partial charge in [-0.15, -0.1) is 0 Å². The Bertz CT molecular complexity index is 734. The van der Waals surface area contributed by atoms with E-state index in [2.05, 4.69) is 10.1 Å². The maximum atomic E-state index is 5.28. The zero-order chi connectivity index (χ0) is 12.7. The Morgan fingerprint density at radius 1 is 1.06 bits per heavy atom. The van der Waals surface area contributed by atoms with Crippen molar-refractivity contribution < 1.29 is 14.0 Å². The Balaban J connectivity index is 2.37. The fourth-order valence-corrected chi connectivity index (χ4v) is 1.97. The fraction of sp³-hybridized carbons (Fsp3) is 0.231. The molecule has 0 unspecified atom stereocenters. The summed E-state index contributed by atoms with van der Waals surface area (Å²) in [5.74, 6) is 1.33. The van der Waals surface area contributed by atoms with Crippen molar-refractivity contribution in [2.45, 2.75) is 6.92 Å². The number of rotatable bonds is 2. The molecule has 5 heteroatoms. The summed E-state index contributed by atoms with van der Waals surface area (Å²) in [6.07, 6.45) is 0. The maximum absolute atomic E-state index is 5.28. The number of pyridine rings is 1. The van der Waals surface area contributed by atoms with Crippen molar-refractivity contribution in [3.8, 4) is 11.5 Å². The van der Waals surface area contributed by atoms with Crippen LogP contribution in [0.2, 0.25) is 0 Å². The van der Waals surface area contributed by atoms with Crippen LogP contribution in [0.5, 0.6) is 11.5 Å². The number of hydrogen-bond donors (Lipinski definition) is 0. The van der Waals surface area contributed by atoms with E-state index >= 15 is 0 Å². The summed E-state index contributed by atoms with van der Waals surface area (Å²) >= 11 is 0. The molecule has 0 aliphatic heterocycles. The summed E-state index contributed by atoms with van der Waals surface area (Å²) in [5.41, 5.74) is 2.15. The van der Waals surface area contributed by atoms with Crippen LogP contribution in [0.4, 0.5) is 0 Å². The third kappa shape index (κ3) is 1.48. The quantitative estimate of drug-likeness (QED) is 0.693. The Hall–Kier alpha value is -2.30. The monoisotopic (exact) mass is 244 g/mol. The first-order valence-corrected chi connectivity index (χ1v) is 5.51. The number of fused-ring (bicyclic) bond motifs is 2. The molecule has 3 aromatic rings. The number of hydrogen-bond acceptors (Lipinski definition) is 5. The van der Waals surface area contributed by atoms with Gasteiger partial charge in [0.15, 0.2) is 11.5 Å². The predicted octanol–water partition coefficient (Wildman–Crippen LogP) is 2.70. The smallest absolute Gasteiger partial charge is 0.258 e. The average Bonchev–Trinajstić information content (AvgIpc) is 2.75. The van der Waals surface area contributed by atoms with Gasteiger partial charge in [-0.2, -0.15) is 0 Å². The van der Waals surface area contributed by atoms with E-state index in [1.807, 2.05) is 25.1 Å². The van der Waals surface area contributed by atoms with Crippen LogP contribution < -0.4 is 9.47 Å². The van der Waals surface area contributed by atoms with E-state index < -0.39 is 0 Å². The summed E-state index contributed by atoms with van der Waals surface area (Å²) in [5, 5.41) is 5.78. The molecule has 0 aliphatic carbocycles. The standard InChI is InChI=1S/C13H12N2O3/c1-7-9-4-8-5-11(16-2)12(17-3)6-10(8)14-13(9)18-15-7/h4-6H,1-3H3. The third-order valence-electron chi connectivity index (χ3n) is 2.94. The van der Waals surface area contributed by atoms with Crippen LogP contribution in [0, 0.1) is 6.92 Å². The molecule has 0 saturated carbocycles. The van der Waals surface area contributed by atoms with Gasteiger partial charge in [-0.3, -0.25) is 0 Å². The summed E-state index contributed by atoms with van der Waals surface area (Å²) in [7, 11) is 3.21. The highest BCUT2D eigenvalue weighted by Gasteiger charge is 2.11. The molecule has 3 rings (SSSR count). The number of ether oxygens (including phenoxy) is 2. The highest BCUT2D eigenvalue weighted by molar-refractivity contribution is 5.93. The van der Waals surface area contributed by atoms with Crippen molar-refractivity contribution in [3.05, 3.63) is 23.9 Å². The first-order chi connectivity index (χ1) is 8.72. The lowest BCUT2D eigenvalue weighted by molar-refractivity contribution is 0.356. The van der Waals surface area contributed by atoms with Crippen molar-refractivity contribution in [2.75, 3.05) is 14.2 Å². The Kier molecular flexibility index (Phi) is 2.33. The lowest BCUT2D eigenvalue weighted by atomic mass is 10.1. The van der Waals surface area contributed by atoms with Crippen molar-refractivity contribution in [3.63, 3.8) is 0 Å². The molecule has 0 radical (unpaired) electrons. The molecular weight excluding hydrogens is 232 g/mol. The molecule has 0 spiro atoms. The van der Waals surface area contributed by atoms with Crippen LogP contribution >= 0.6 is 0 Å². The Morgan fingerprint density at radius 2 is 1.78 bits per heavy atom. The van der Waals surface area contributed by atoms with Gasteiger partial charge in [0.25, 0.3) is 5.71 Å². The van der Waals surface area contributed by atoms with E-state index in [1.54, 1.807) is 14.2 Å². The fourth-order valence-electron chi connectivity index (χ4n) is 1.97. The van der Waals surface area contributed by atoms with E-state index in [-0.39, 0.29) is 0 Å². The summed E-state index contributed by atoms with van der Waals surface area (Å²) < 4.78 is 15.7. The Morgan fingerprint density at radius 3 is 2.50 bits per heavy atom. The minimum Gasteiger partial charge on any atom is -0.493 e. The van der Waals surface area contributed by atoms with Gasteiger partial charge in [-0.05, 0) is 19.1 Å². The second-order valence-electron chi connectivity index (χ2n) is 4.01. The van der Waals surface area contributed by atoms with Gasteiger partial charge in [0.1, 0.15) is 0 Å². The van der Waals surface area contributed by atoms with E-state index in [4.69, 9.17) is 14.0 Å². The van der Waals surface area contributed by atoms with Gasteiger partial charge >= 0.3 is 0 Å². The van der Waals surface area contributed by atoms with Crippen LogP contribution in [0.1, 0.15) is 5.69 Å². The maximum Gasteiger partial charge on any atom is 0.258 e. The van der Waals surface area contributed by atoms with E-state index in [9.17, 15) is 0 Å². The molecule has 2 aromatic heterocycles. The second-order valence-corrected chi connectivity index (χ2v) is 4.01. The van der Waals surface area contributed by atoms with Gasteiger partial charge in [-0.25, -0.2) is 4.98 Å².